The summed E-state index contributed by atoms with van der Waals surface area (Å²) in [5.41, 5.74) is 4.38. The zero-order valence-electron chi connectivity index (χ0n) is 10.7. The fraction of sp³-hybridized carbons (Fsp3) is 0.714. The molecule has 1 aliphatic rings. The first-order chi connectivity index (χ1) is 8.29. The molecular formula is C14H24N2S. The highest BCUT2D eigenvalue weighted by Gasteiger charge is 2.19. The molecule has 1 aromatic rings. The maximum absolute atomic E-state index is 5.72. The van der Waals surface area contributed by atoms with Crippen molar-refractivity contribution >= 4 is 11.3 Å². The normalized spacial score (nSPS) is 20.1. The molecule has 3 N–H and O–H groups in total. The summed E-state index contributed by atoms with van der Waals surface area (Å²) >= 11 is 1.82. The predicted octanol–water partition coefficient (Wildman–Crippen LogP) is 3.92. The number of thiophene rings is 1. The minimum Gasteiger partial charge on any atom is -0.271 e. The SMILES string of the molecule is Cc1cc(C(CC2CCCCCC2)NN)cs1. The van der Waals surface area contributed by atoms with Gasteiger partial charge in [-0.3, -0.25) is 11.3 Å². The molecule has 0 bridgehead atoms. The highest BCUT2D eigenvalue weighted by molar-refractivity contribution is 7.10. The van der Waals surface area contributed by atoms with Crippen LogP contribution in [-0.2, 0) is 0 Å². The molecule has 0 amide bonds. The fourth-order valence-corrected chi connectivity index (χ4v) is 3.64. The molecule has 0 saturated heterocycles. The number of hydrazine groups is 1. The van der Waals surface area contributed by atoms with Gasteiger partial charge in [0.1, 0.15) is 0 Å². The summed E-state index contributed by atoms with van der Waals surface area (Å²) in [5.74, 6) is 6.58. The molecule has 1 aliphatic carbocycles. The van der Waals surface area contributed by atoms with Crippen molar-refractivity contribution in [3.05, 3.63) is 21.9 Å². The van der Waals surface area contributed by atoms with Crippen LogP contribution in [0.2, 0.25) is 0 Å². The number of nitrogens with one attached hydrogen (secondary N) is 1. The molecular weight excluding hydrogens is 228 g/mol. The van der Waals surface area contributed by atoms with Crippen molar-refractivity contribution < 1.29 is 0 Å². The Bertz CT molecular complexity index is 327. The highest BCUT2D eigenvalue weighted by Crippen LogP contribution is 2.32. The molecule has 1 unspecified atom stereocenters. The number of rotatable bonds is 4. The van der Waals surface area contributed by atoms with Crippen LogP contribution in [0.15, 0.2) is 11.4 Å². The second kappa shape index (κ2) is 6.53. The number of aryl methyl sites for hydroxylation is 1. The van der Waals surface area contributed by atoms with E-state index in [1.807, 2.05) is 11.3 Å². The van der Waals surface area contributed by atoms with Crippen molar-refractivity contribution in [2.75, 3.05) is 0 Å². The maximum Gasteiger partial charge on any atom is 0.0470 e. The van der Waals surface area contributed by atoms with Crippen LogP contribution in [0.25, 0.3) is 0 Å². The van der Waals surface area contributed by atoms with Crippen LogP contribution in [0.5, 0.6) is 0 Å². The largest absolute Gasteiger partial charge is 0.271 e. The molecule has 1 atom stereocenters. The summed E-state index contributed by atoms with van der Waals surface area (Å²) in [6.45, 7) is 2.16. The first-order valence-corrected chi connectivity index (χ1v) is 7.68. The monoisotopic (exact) mass is 252 g/mol. The van der Waals surface area contributed by atoms with Gasteiger partial charge < -0.3 is 0 Å². The quantitative estimate of drug-likeness (QED) is 0.484. The van der Waals surface area contributed by atoms with E-state index in [0.29, 0.717) is 6.04 Å². The van der Waals surface area contributed by atoms with E-state index in [-0.39, 0.29) is 0 Å². The average Bonchev–Trinajstić information content (AvgIpc) is 2.62. The van der Waals surface area contributed by atoms with Gasteiger partial charge in [-0.2, -0.15) is 0 Å². The van der Waals surface area contributed by atoms with Crippen LogP contribution < -0.4 is 11.3 Å². The topological polar surface area (TPSA) is 38.0 Å². The van der Waals surface area contributed by atoms with Gasteiger partial charge in [-0.1, -0.05) is 38.5 Å². The lowest BCUT2D eigenvalue weighted by Gasteiger charge is -2.21. The van der Waals surface area contributed by atoms with Gasteiger partial charge in [0.25, 0.3) is 0 Å². The first-order valence-electron chi connectivity index (χ1n) is 6.80. The first kappa shape index (κ1) is 13.1. The Kier molecular flexibility index (Phi) is 5.01. The fourth-order valence-electron chi connectivity index (χ4n) is 2.88. The van der Waals surface area contributed by atoms with Crippen LogP contribution in [0.3, 0.4) is 0 Å². The summed E-state index contributed by atoms with van der Waals surface area (Å²) in [5, 5.41) is 2.25. The van der Waals surface area contributed by atoms with E-state index in [0.717, 1.165) is 5.92 Å². The predicted molar refractivity (Wildman–Crippen MR) is 74.9 cm³/mol. The van der Waals surface area contributed by atoms with Crippen LogP contribution in [0.4, 0.5) is 0 Å². The summed E-state index contributed by atoms with van der Waals surface area (Å²) < 4.78 is 0. The smallest absolute Gasteiger partial charge is 0.0470 e. The number of hydrogen-bond acceptors (Lipinski definition) is 3. The van der Waals surface area contributed by atoms with E-state index >= 15 is 0 Å². The van der Waals surface area contributed by atoms with Crippen molar-refractivity contribution in [1.29, 1.82) is 0 Å². The lowest BCUT2D eigenvalue weighted by molar-refractivity contribution is 0.359. The summed E-state index contributed by atoms with van der Waals surface area (Å²) in [6, 6.07) is 2.62. The molecule has 1 fully saturated rings. The zero-order chi connectivity index (χ0) is 12.1. The van der Waals surface area contributed by atoms with E-state index in [2.05, 4.69) is 23.8 Å². The van der Waals surface area contributed by atoms with Crippen molar-refractivity contribution in [2.45, 2.75) is 57.9 Å². The zero-order valence-corrected chi connectivity index (χ0v) is 11.6. The van der Waals surface area contributed by atoms with Gasteiger partial charge in [-0.15, -0.1) is 11.3 Å². The van der Waals surface area contributed by atoms with Gasteiger partial charge in [0.2, 0.25) is 0 Å². The van der Waals surface area contributed by atoms with Crippen molar-refractivity contribution in [3.63, 3.8) is 0 Å². The lowest BCUT2D eigenvalue weighted by Crippen LogP contribution is -2.29. The molecule has 17 heavy (non-hydrogen) atoms. The van der Waals surface area contributed by atoms with Gasteiger partial charge in [0.05, 0.1) is 0 Å². The number of hydrogen-bond donors (Lipinski definition) is 2. The summed E-state index contributed by atoms with van der Waals surface area (Å²) in [6.07, 6.45) is 9.65. The average molecular weight is 252 g/mol. The Morgan fingerprint density at radius 2 is 2.06 bits per heavy atom. The Balaban J connectivity index is 1.94. The third kappa shape index (κ3) is 3.80. The third-order valence-electron chi connectivity index (χ3n) is 3.90. The molecule has 2 nitrogen and oxygen atoms in total. The number of nitrogens with two attached hydrogens (primary N) is 1. The van der Waals surface area contributed by atoms with Gasteiger partial charge in [0.15, 0.2) is 0 Å². The van der Waals surface area contributed by atoms with Crippen molar-refractivity contribution in [1.82, 2.24) is 5.43 Å². The second-order valence-electron chi connectivity index (χ2n) is 5.30. The van der Waals surface area contributed by atoms with E-state index in [4.69, 9.17) is 5.84 Å². The molecule has 96 valence electrons. The molecule has 3 heteroatoms. The molecule has 1 heterocycles. The molecule has 1 saturated carbocycles. The Labute approximate surface area is 109 Å². The van der Waals surface area contributed by atoms with Crippen LogP contribution in [0, 0.1) is 12.8 Å². The summed E-state index contributed by atoms with van der Waals surface area (Å²) in [7, 11) is 0. The van der Waals surface area contributed by atoms with E-state index < -0.39 is 0 Å². The van der Waals surface area contributed by atoms with Gasteiger partial charge in [-0.05, 0) is 36.3 Å². The van der Waals surface area contributed by atoms with E-state index in [1.165, 1.54) is 55.4 Å². The Morgan fingerprint density at radius 3 is 2.59 bits per heavy atom. The molecule has 0 spiro atoms. The summed E-state index contributed by atoms with van der Waals surface area (Å²) in [4.78, 5) is 1.38. The molecule has 0 aromatic carbocycles. The maximum atomic E-state index is 5.72. The second-order valence-corrected chi connectivity index (χ2v) is 6.42. The molecule has 1 aromatic heterocycles. The van der Waals surface area contributed by atoms with E-state index in [9.17, 15) is 0 Å². The lowest BCUT2D eigenvalue weighted by atomic mass is 9.90. The molecule has 0 aliphatic heterocycles. The minimum atomic E-state index is 0.350. The van der Waals surface area contributed by atoms with Gasteiger partial charge >= 0.3 is 0 Å². The van der Waals surface area contributed by atoms with Gasteiger partial charge in [-0.25, -0.2) is 0 Å². The van der Waals surface area contributed by atoms with Gasteiger partial charge in [0, 0.05) is 10.9 Å². The standard InChI is InChI=1S/C14H24N2S/c1-11-8-13(10-17-11)14(16-15)9-12-6-4-2-3-5-7-12/h8,10,12,14,16H,2-7,9,15H2,1H3. The Morgan fingerprint density at radius 1 is 1.35 bits per heavy atom. The van der Waals surface area contributed by atoms with E-state index in [1.54, 1.807) is 0 Å². The van der Waals surface area contributed by atoms with Crippen LogP contribution in [-0.4, -0.2) is 0 Å². The van der Waals surface area contributed by atoms with Crippen LogP contribution >= 0.6 is 11.3 Å². The minimum absolute atomic E-state index is 0.350. The van der Waals surface area contributed by atoms with Crippen molar-refractivity contribution in [3.8, 4) is 0 Å². The third-order valence-corrected chi connectivity index (χ3v) is 4.78. The molecule has 2 rings (SSSR count). The Hall–Kier alpha value is -0.380. The molecule has 0 radical (unpaired) electrons. The van der Waals surface area contributed by atoms with Crippen molar-refractivity contribution in [2.24, 2.45) is 11.8 Å². The highest BCUT2D eigenvalue weighted by atomic mass is 32.1. The van der Waals surface area contributed by atoms with Crippen LogP contribution in [0.1, 0.15) is 61.4 Å².